The van der Waals surface area contributed by atoms with Gasteiger partial charge in [-0.25, -0.2) is 0 Å². The molecule has 1 heterocycles. The number of rotatable bonds is 0. The van der Waals surface area contributed by atoms with Crippen LogP contribution in [0.15, 0.2) is 12.1 Å². The second kappa shape index (κ2) is 3.02. The maximum absolute atomic E-state index is 5.87. The molecule has 0 radical (unpaired) electrons. The van der Waals surface area contributed by atoms with Gasteiger partial charge in [0.15, 0.2) is 0 Å². The normalized spacial score (nSPS) is 10.8. The van der Waals surface area contributed by atoms with Crippen molar-refractivity contribution in [1.82, 2.24) is 4.98 Å². The maximum atomic E-state index is 5.87. The lowest BCUT2D eigenvalue weighted by atomic mass is 10.1. The van der Waals surface area contributed by atoms with Gasteiger partial charge in [0.1, 0.15) is 0 Å². The van der Waals surface area contributed by atoms with Crippen LogP contribution in [-0.4, -0.2) is 4.98 Å². The summed E-state index contributed by atoms with van der Waals surface area (Å²) in [4.78, 5) is 4.41. The van der Waals surface area contributed by atoms with E-state index in [1.54, 1.807) is 6.07 Å². The molecule has 0 spiro atoms. The summed E-state index contributed by atoms with van der Waals surface area (Å²) in [7, 11) is 0. The summed E-state index contributed by atoms with van der Waals surface area (Å²) in [6.07, 6.45) is 0. The Labute approximate surface area is 88.1 Å². The van der Waals surface area contributed by atoms with E-state index >= 15 is 0 Å². The fraction of sp³-hybridized carbons (Fsp3) is 0.182. The largest absolute Gasteiger partial charge is 0.398 e. The van der Waals surface area contributed by atoms with Crippen molar-refractivity contribution in [2.24, 2.45) is 0 Å². The molecule has 0 aliphatic carbocycles. The van der Waals surface area contributed by atoms with Gasteiger partial charge in [-0.15, -0.1) is 0 Å². The molecule has 0 fully saturated rings. The Morgan fingerprint density at radius 3 is 2.33 bits per heavy atom. The summed E-state index contributed by atoms with van der Waals surface area (Å²) in [5.41, 5.74) is 21.8. The lowest BCUT2D eigenvalue weighted by Crippen LogP contribution is -2.01. The van der Waals surface area contributed by atoms with Gasteiger partial charge in [-0.2, -0.15) is 0 Å². The molecule has 78 valence electrons. The van der Waals surface area contributed by atoms with E-state index in [1.807, 2.05) is 19.9 Å². The molecule has 2 aromatic rings. The molecule has 0 atom stereocenters. The zero-order valence-corrected chi connectivity index (χ0v) is 8.83. The summed E-state index contributed by atoms with van der Waals surface area (Å²) in [5, 5.41) is 0.866. The van der Waals surface area contributed by atoms with E-state index in [2.05, 4.69) is 4.98 Å². The molecule has 0 amide bonds. The maximum Gasteiger partial charge on any atom is 0.0976 e. The molecule has 0 aliphatic rings. The Bertz CT molecular complexity index is 546. The number of aryl methyl sites for hydroxylation is 2. The molecule has 1 aromatic heterocycles. The van der Waals surface area contributed by atoms with E-state index in [0.717, 1.165) is 16.6 Å². The zero-order valence-electron chi connectivity index (χ0n) is 8.83. The second-order valence-corrected chi connectivity index (χ2v) is 3.76. The molecule has 4 heteroatoms. The third-order valence-corrected chi connectivity index (χ3v) is 2.65. The topological polar surface area (TPSA) is 91.0 Å². The Morgan fingerprint density at radius 1 is 1.00 bits per heavy atom. The number of nitrogen functional groups attached to an aromatic ring is 3. The van der Waals surface area contributed by atoms with Crippen molar-refractivity contribution < 1.29 is 0 Å². The minimum Gasteiger partial charge on any atom is -0.398 e. The van der Waals surface area contributed by atoms with Crippen molar-refractivity contribution in [3.8, 4) is 0 Å². The van der Waals surface area contributed by atoms with Crippen LogP contribution in [0, 0.1) is 13.8 Å². The minimum atomic E-state index is 0.482. The van der Waals surface area contributed by atoms with E-state index in [1.165, 1.54) is 0 Å². The van der Waals surface area contributed by atoms with E-state index < -0.39 is 0 Å². The first-order chi connectivity index (χ1) is 7.00. The molecule has 0 saturated heterocycles. The molecular formula is C11H14N4. The number of benzene rings is 1. The van der Waals surface area contributed by atoms with Crippen LogP contribution in [0.2, 0.25) is 0 Å². The lowest BCUT2D eigenvalue weighted by Gasteiger charge is -2.10. The van der Waals surface area contributed by atoms with Crippen LogP contribution in [0.1, 0.15) is 11.3 Å². The number of pyridine rings is 1. The third-order valence-electron chi connectivity index (χ3n) is 2.65. The lowest BCUT2D eigenvalue weighted by molar-refractivity contribution is 1.20. The minimum absolute atomic E-state index is 0.482. The van der Waals surface area contributed by atoms with Crippen LogP contribution in [0.4, 0.5) is 17.1 Å². The number of anilines is 3. The van der Waals surface area contributed by atoms with Gasteiger partial charge in [-0.1, -0.05) is 0 Å². The van der Waals surface area contributed by atoms with E-state index in [0.29, 0.717) is 22.6 Å². The molecular weight excluding hydrogens is 188 g/mol. The van der Waals surface area contributed by atoms with Gasteiger partial charge in [-0.3, -0.25) is 4.98 Å². The highest BCUT2D eigenvalue weighted by Crippen LogP contribution is 2.31. The second-order valence-electron chi connectivity index (χ2n) is 3.76. The zero-order chi connectivity index (χ0) is 11.2. The van der Waals surface area contributed by atoms with Crippen molar-refractivity contribution in [1.29, 1.82) is 0 Å². The number of hydrogen-bond acceptors (Lipinski definition) is 4. The van der Waals surface area contributed by atoms with Gasteiger partial charge in [-0.05, 0) is 31.5 Å². The van der Waals surface area contributed by atoms with E-state index in [9.17, 15) is 0 Å². The molecule has 0 saturated carbocycles. The fourth-order valence-corrected chi connectivity index (χ4v) is 1.59. The van der Waals surface area contributed by atoms with Gasteiger partial charge >= 0.3 is 0 Å². The molecule has 0 bridgehead atoms. The molecule has 15 heavy (non-hydrogen) atoms. The Balaban J connectivity index is 2.97. The van der Waals surface area contributed by atoms with Crippen LogP contribution in [-0.2, 0) is 0 Å². The average Bonchev–Trinajstić information content (AvgIpc) is 2.18. The van der Waals surface area contributed by atoms with Crippen molar-refractivity contribution in [3.05, 3.63) is 23.4 Å². The van der Waals surface area contributed by atoms with Crippen LogP contribution in [0.3, 0.4) is 0 Å². The smallest absolute Gasteiger partial charge is 0.0976 e. The van der Waals surface area contributed by atoms with Crippen molar-refractivity contribution in [2.45, 2.75) is 13.8 Å². The van der Waals surface area contributed by atoms with Crippen LogP contribution in [0.5, 0.6) is 0 Å². The number of hydrogen-bond donors (Lipinski definition) is 3. The summed E-state index contributed by atoms with van der Waals surface area (Å²) in [5.74, 6) is 0. The Hall–Kier alpha value is -1.97. The number of nitrogens with zero attached hydrogens (tertiary/aromatic N) is 1. The van der Waals surface area contributed by atoms with Crippen LogP contribution >= 0.6 is 0 Å². The predicted molar refractivity (Wildman–Crippen MR) is 64.5 cm³/mol. The molecule has 6 N–H and O–H groups in total. The highest BCUT2D eigenvalue weighted by Gasteiger charge is 2.08. The number of aromatic nitrogens is 1. The number of fused-ring (bicyclic) bond motifs is 1. The van der Waals surface area contributed by atoms with E-state index in [-0.39, 0.29) is 0 Å². The quantitative estimate of drug-likeness (QED) is 0.566. The Kier molecular flexibility index (Phi) is 1.93. The molecule has 4 nitrogen and oxygen atoms in total. The van der Waals surface area contributed by atoms with Crippen LogP contribution in [0.25, 0.3) is 10.9 Å². The molecule has 0 unspecified atom stereocenters. The van der Waals surface area contributed by atoms with Gasteiger partial charge in [0.2, 0.25) is 0 Å². The van der Waals surface area contributed by atoms with Gasteiger partial charge in [0.05, 0.1) is 16.9 Å². The number of nitrogens with two attached hydrogens (primary N) is 3. The molecule has 2 rings (SSSR count). The highest BCUT2D eigenvalue weighted by atomic mass is 14.8. The summed E-state index contributed by atoms with van der Waals surface area (Å²) >= 11 is 0. The Morgan fingerprint density at radius 2 is 1.67 bits per heavy atom. The van der Waals surface area contributed by atoms with Crippen molar-refractivity contribution in [3.63, 3.8) is 0 Å². The first-order valence-corrected chi connectivity index (χ1v) is 4.72. The standard InChI is InChI=1S/C11H14N4/c1-5-3-7-8(12)4-9(13)10(14)11(7)15-6(5)2/h3-4H,12-14H2,1-2H3. The summed E-state index contributed by atoms with van der Waals surface area (Å²) in [6.45, 7) is 3.93. The van der Waals surface area contributed by atoms with Crippen molar-refractivity contribution >= 4 is 28.0 Å². The van der Waals surface area contributed by atoms with E-state index in [4.69, 9.17) is 17.2 Å². The monoisotopic (exact) mass is 202 g/mol. The molecule has 0 aliphatic heterocycles. The predicted octanol–water partition coefficient (Wildman–Crippen LogP) is 1.60. The molecule has 1 aromatic carbocycles. The van der Waals surface area contributed by atoms with Crippen LogP contribution < -0.4 is 17.2 Å². The van der Waals surface area contributed by atoms with Gasteiger partial charge in [0.25, 0.3) is 0 Å². The van der Waals surface area contributed by atoms with Gasteiger partial charge in [0, 0.05) is 16.8 Å². The fourth-order valence-electron chi connectivity index (χ4n) is 1.59. The first-order valence-electron chi connectivity index (χ1n) is 4.72. The third kappa shape index (κ3) is 1.34. The SMILES string of the molecule is Cc1cc2c(N)cc(N)c(N)c2nc1C. The van der Waals surface area contributed by atoms with Crippen molar-refractivity contribution in [2.75, 3.05) is 17.2 Å². The highest BCUT2D eigenvalue weighted by molar-refractivity contribution is 6.03. The summed E-state index contributed by atoms with van der Waals surface area (Å²) in [6, 6.07) is 3.66. The first kappa shape index (κ1) is 9.58. The summed E-state index contributed by atoms with van der Waals surface area (Å²) < 4.78 is 0. The van der Waals surface area contributed by atoms with Gasteiger partial charge < -0.3 is 17.2 Å². The average molecular weight is 202 g/mol.